The van der Waals surface area contributed by atoms with Crippen molar-refractivity contribution in [3.8, 4) is 0 Å². The van der Waals surface area contributed by atoms with E-state index in [0.717, 1.165) is 37.7 Å². The molecule has 0 aromatic heterocycles. The lowest BCUT2D eigenvalue weighted by Gasteiger charge is -2.49. The Bertz CT molecular complexity index is 997. The van der Waals surface area contributed by atoms with Crippen molar-refractivity contribution in [2.45, 2.75) is 56.5 Å². The fraction of sp³-hybridized carbons (Fsp3) is 0.391. The van der Waals surface area contributed by atoms with Crippen LogP contribution in [0.5, 0.6) is 0 Å². The van der Waals surface area contributed by atoms with E-state index >= 15 is 0 Å². The van der Waals surface area contributed by atoms with Crippen molar-refractivity contribution in [2.75, 3.05) is 0 Å². The van der Waals surface area contributed by atoms with Gasteiger partial charge in [-0.1, -0.05) is 55.7 Å². The zero-order valence-electron chi connectivity index (χ0n) is 17.1. The highest BCUT2D eigenvalue weighted by molar-refractivity contribution is 5.89. The predicted molar refractivity (Wildman–Crippen MR) is 115 cm³/mol. The molecule has 1 aliphatic heterocycles. The fourth-order valence-corrected chi connectivity index (χ4v) is 4.87. The number of carbonyl (C=O) groups excluding carboxylic acids is 1. The van der Waals surface area contributed by atoms with Crippen molar-refractivity contribution in [2.24, 2.45) is 5.10 Å². The Balaban J connectivity index is 1.57. The van der Waals surface area contributed by atoms with Crippen LogP contribution in [0.2, 0.25) is 0 Å². The molecule has 0 bridgehead atoms. The first kappa shape index (κ1) is 20.2. The van der Waals surface area contributed by atoms with E-state index in [9.17, 15) is 14.9 Å². The van der Waals surface area contributed by atoms with Crippen LogP contribution in [0.1, 0.15) is 55.7 Å². The monoisotopic (exact) mass is 406 g/mol. The van der Waals surface area contributed by atoms with Crippen molar-refractivity contribution in [1.82, 2.24) is 10.7 Å². The molecule has 2 aromatic carbocycles. The minimum absolute atomic E-state index is 0.0145. The zero-order valence-corrected chi connectivity index (χ0v) is 17.1. The maximum Gasteiger partial charge on any atom is 0.270 e. The minimum Gasteiger partial charge on any atom is -0.294 e. The third-order valence-electron chi connectivity index (χ3n) is 6.33. The molecule has 0 unspecified atom stereocenters. The number of non-ortho nitro benzene ring substituents is 1. The topological polar surface area (TPSA) is 96.6 Å². The van der Waals surface area contributed by atoms with Crippen molar-refractivity contribution >= 4 is 17.8 Å². The van der Waals surface area contributed by atoms with Crippen LogP contribution in [0.25, 0.3) is 0 Å². The second-order valence-corrected chi connectivity index (χ2v) is 8.48. The van der Waals surface area contributed by atoms with Gasteiger partial charge in [-0.25, -0.2) is 5.43 Å². The lowest BCUT2D eigenvalue weighted by atomic mass is 9.69. The van der Waals surface area contributed by atoms with Gasteiger partial charge < -0.3 is 0 Å². The molecular formula is C23H26N4O3. The average molecular weight is 406 g/mol. The molecule has 30 heavy (non-hydrogen) atoms. The molecular weight excluding hydrogens is 380 g/mol. The van der Waals surface area contributed by atoms with E-state index in [2.05, 4.69) is 21.9 Å². The summed E-state index contributed by atoms with van der Waals surface area (Å²) in [5, 5.41) is 18.7. The zero-order chi connectivity index (χ0) is 21.2. The number of rotatable bonds is 4. The Morgan fingerprint density at radius 2 is 1.93 bits per heavy atom. The van der Waals surface area contributed by atoms with Gasteiger partial charge >= 0.3 is 0 Å². The molecule has 1 spiro atoms. The summed E-state index contributed by atoms with van der Waals surface area (Å²) in [5.74, 6) is -0.235. The number of amides is 1. The first-order valence-corrected chi connectivity index (χ1v) is 10.4. The Morgan fingerprint density at radius 3 is 2.70 bits per heavy atom. The van der Waals surface area contributed by atoms with Gasteiger partial charge in [-0.05, 0) is 37.3 Å². The van der Waals surface area contributed by atoms with Gasteiger partial charge in [0.15, 0.2) is 0 Å². The Kier molecular flexibility index (Phi) is 5.39. The molecule has 1 amide bonds. The first-order chi connectivity index (χ1) is 14.4. The highest BCUT2D eigenvalue weighted by atomic mass is 16.6. The molecule has 7 heteroatoms. The van der Waals surface area contributed by atoms with Gasteiger partial charge in [-0.2, -0.15) is 5.10 Å². The van der Waals surface area contributed by atoms with E-state index in [4.69, 9.17) is 0 Å². The number of nitro groups is 1. The third-order valence-corrected chi connectivity index (χ3v) is 6.33. The second-order valence-electron chi connectivity index (χ2n) is 8.48. The number of benzene rings is 2. The van der Waals surface area contributed by atoms with Crippen molar-refractivity contribution in [1.29, 1.82) is 0 Å². The highest BCUT2D eigenvalue weighted by Crippen LogP contribution is 2.41. The third kappa shape index (κ3) is 3.85. The number of fused-ring (bicyclic) bond motifs is 1. The molecule has 1 fully saturated rings. The largest absolute Gasteiger partial charge is 0.294 e. The summed E-state index contributed by atoms with van der Waals surface area (Å²) in [5.41, 5.74) is 4.41. The first-order valence-electron chi connectivity index (χ1n) is 10.4. The van der Waals surface area contributed by atoms with Crippen LogP contribution < -0.4 is 10.7 Å². The van der Waals surface area contributed by atoms with Crippen LogP contribution in [0.4, 0.5) is 5.69 Å². The van der Waals surface area contributed by atoms with Crippen LogP contribution in [-0.4, -0.2) is 22.6 Å². The standard InChI is InChI=1S/C23H26N4O3/c1-22(21(28)25-24-16-17-8-7-10-19(14-17)27(29)30)20-11-4-3-9-18(20)15-23(26-22)12-5-2-6-13-23/h3-4,7-11,14,16,26H,2,5-6,12-13,15H2,1H3,(H,25,28)/b24-16-/t22-/m0/s1. The molecule has 1 saturated carbocycles. The molecule has 1 aliphatic carbocycles. The summed E-state index contributed by atoms with van der Waals surface area (Å²) in [6, 6.07) is 14.2. The molecule has 1 atom stereocenters. The lowest BCUT2D eigenvalue weighted by molar-refractivity contribution is -0.384. The summed E-state index contributed by atoms with van der Waals surface area (Å²) in [4.78, 5) is 23.8. The number of hydrogen-bond donors (Lipinski definition) is 2. The van der Waals surface area contributed by atoms with Crippen LogP contribution >= 0.6 is 0 Å². The second kappa shape index (κ2) is 7.99. The van der Waals surface area contributed by atoms with Gasteiger partial charge in [-0.3, -0.25) is 20.2 Å². The van der Waals surface area contributed by atoms with Crippen LogP contribution in [0, 0.1) is 10.1 Å². The van der Waals surface area contributed by atoms with Crippen LogP contribution in [-0.2, 0) is 16.8 Å². The summed E-state index contributed by atoms with van der Waals surface area (Å²) < 4.78 is 0. The molecule has 0 radical (unpaired) electrons. The summed E-state index contributed by atoms with van der Waals surface area (Å²) in [7, 11) is 0. The van der Waals surface area contributed by atoms with Crippen LogP contribution in [0.15, 0.2) is 53.6 Å². The van der Waals surface area contributed by atoms with Gasteiger partial charge in [0.2, 0.25) is 0 Å². The number of nitro benzene ring substituents is 1. The molecule has 2 aliphatic rings. The van der Waals surface area contributed by atoms with Gasteiger partial charge in [-0.15, -0.1) is 0 Å². The van der Waals surface area contributed by atoms with Gasteiger partial charge in [0.05, 0.1) is 11.1 Å². The molecule has 2 N–H and O–H groups in total. The fourth-order valence-electron chi connectivity index (χ4n) is 4.87. The van der Waals surface area contributed by atoms with E-state index in [1.54, 1.807) is 12.1 Å². The molecule has 2 aromatic rings. The van der Waals surface area contributed by atoms with Gasteiger partial charge in [0.1, 0.15) is 5.54 Å². The summed E-state index contributed by atoms with van der Waals surface area (Å²) >= 11 is 0. The maximum atomic E-state index is 13.3. The SMILES string of the molecule is C[C@]1(C(=O)N/N=C\c2cccc([N+](=O)[O-])c2)NC2(CCCCC2)Cc2ccccc21. The summed E-state index contributed by atoms with van der Waals surface area (Å²) in [6.07, 6.45) is 8.04. The van der Waals surface area contributed by atoms with Crippen molar-refractivity contribution in [3.05, 3.63) is 75.3 Å². The quantitative estimate of drug-likeness (QED) is 0.458. The molecule has 1 heterocycles. The average Bonchev–Trinajstić information content (AvgIpc) is 2.74. The number of hydrogen-bond acceptors (Lipinski definition) is 5. The number of hydrazone groups is 1. The number of nitrogens with zero attached hydrogens (tertiary/aromatic N) is 2. The van der Waals surface area contributed by atoms with Crippen LogP contribution in [0.3, 0.4) is 0 Å². The van der Waals surface area contributed by atoms with E-state index in [0.29, 0.717) is 5.56 Å². The number of carbonyl (C=O) groups is 1. The minimum atomic E-state index is -0.897. The molecule has 0 saturated heterocycles. The Morgan fingerprint density at radius 1 is 1.17 bits per heavy atom. The van der Waals surface area contributed by atoms with Crippen molar-refractivity contribution < 1.29 is 9.72 Å². The summed E-state index contributed by atoms with van der Waals surface area (Å²) in [6.45, 7) is 1.92. The number of nitrogens with one attached hydrogen (secondary N) is 2. The maximum absolute atomic E-state index is 13.3. The normalized spacial score (nSPS) is 22.6. The van der Waals surface area contributed by atoms with E-state index < -0.39 is 10.5 Å². The van der Waals surface area contributed by atoms with E-state index in [-0.39, 0.29) is 17.1 Å². The molecule has 4 rings (SSSR count). The van der Waals surface area contributed by atoms with Crippen molar-refractivity contribution in [3.63, 3.8) is 0 Å². The molecule has 7 nitrogen and oxygen atoms in total. The smallest absolute Gasteiger partial charge is 0.270 e. The van der Waals surface area contributed by atoms with Gasteiger partial charge in [0.25, 0.3) is 11.6 Å². The Labute approximate surface area is 175 Å². The van der Waals surface area contributed by atoms with E-state index in [1.807, 2.05) is 25.1 Å². The Hall–Kier alpha value is -3.06. The highest BCUT2D eigenvalue weighted by Gasteiger charge is 2.48. The van der Waals surface area contributed by atoms with Gasteiger partial charge in [0, 0.05) is 23.2 Å². The van der Waals surface area contributed by atoms with E-state index in [1.165, 1.54) is 30.3 Å². The predicted octanol–water partition coefficient (Wildman–Crippen LogP) is 3.81. The molecule has 156 valence electrons. The lowest BCUT2D eigenvalue weighted by Crippen LogP contribution is -2.65.